The smallest absolute Gasteiger partial charge is 0.238 e. The van der Waals surface area contributed by atoms with Crippen LogP contribution in [-0.4, -0.2) is 8.42 Å². The number of sulfonamides is 1. The summed E-state index contributed by atoms with van der Waals surface area (Å²) in [5.74, 6) is 0. The second kappa shape index (κ2) is 5.73. The van der Waals surface area contributed by atoms with Crippen LogP contribution >= 0.6 is 15.9 Å². The van der Waals surface area contributed by atoms with E-state index in [2.05, 4.69) is 21.2 Å². The first-order valence-electron chi connectivity index (χ1n) is 5.57. The number of nitrogens with one attached hydrogen (secondary N) is 1. The van der Waals surface area contributed by atoms with Gasteiger partial charge in [0.05, 0.1) is 4.90 Å². The van der Waals surface area contributed by atoms with E-state index in [1.165, 1.54) is 12.1 Å². The van der Waals surface area contributed by atoms with Gasteiger partial charge in [-0.15, -0.1) is 0 Å². The number of benzene rings is 2. The van der Waals surface area contributed by atoms with Crippen molar-refractivity contribution in [2.75, 3.05) is 5.32 Å². The highest BCUT2D eigenvalue weighted by Crippen LogP contribution is 2.19. The molecule has 0 saturated heterocycles. The van der Waals surface area contributed by atoms with Crippen LogP contribution in [0.25, 0.3) is 0 Å². The van der Waals surface area contributed by atoms with Crippen molar-refractivity contribution in [2.45, 2.75) is 11.4 Å². The molecular weight excluding hydrogens is 328 g/mol. The fourth-order valence-electron chi connectivity index (χ4n) is 1.62. The molecule has 0 radical (unpaired) electrons. The fraction of sp³-hybridized carbons (Fsp3) is 0.0769. The number of hydrogen-bond acceptors (Lipinski definition) is 3. The molecular formula is C13H13BrN2O2S. The molecule has 0 unspecified atom stereocenters. The van der Waals surface area contributed by atoms with Gasteiger partial charge in [0, 0.05) is 16.7 Å². The van der Waals surface area contributed by atoms with E-state index in [-0.39, 0.29) is 4.90 Å². The Morgan fingerprint density at radius 1 is 1.11 bits per heavy atom. The normalized spacial score (nSPS) is 11.3. The van der Waals surface area contributed by atoms with Crippen LogP contribution in [0.15, 0.2) is 57.9 Å². The number of hydrogen-bond donors (Lipinski definition) is 2. The quantitative estimate of drug-likeness (QED) is 0.898. The summed E-state index contributed by atoms with van der Waals surface area (Å²) in [7, 11) is -3.67. The minimum Gasteiger partial charge on any atom is -0.381 e. The molecule has 19 heavy (non-hydrogen) atoms. The van der Waals surface area contributed by atoms with Crippen LogP contribution < -0.4 is 10.5 Å². The molecule has 2 rings (SSSR count). The maximum absolute atomic E-state index is 11.3. The van der Waals surface area contributed by atoms with Gasteiger partial charge < -0.3 is 5.32 Å². The Morgan fingerprint density at radius 3 is 2.53 bits per heavy atom. The van der Waals surface area contributed by atoms with Gasteiger partial charge in [-0.25, -0.2) is 13.6 Å². The van der Waals surface area contributed by atoms with E-state index in [0.717, 1.165) is 10.0 Å². The number of anilines is 1. The molecule has 0 saturated carbocycles. The second-order valence-corrected chi connectivity index (χ2v) is 6.43. The van der Waals surface area contributed by atoms with Gasteiger partial charge in [0.25, 0.3) is 0 Å². The summed E-state index contributed by atoms with van der Waals surface area (Å²) in [6, 6.07) is 14.3. The third-order valence-corrected chi connectivity index (χ3v) is 4.29. The second-order valence-electron chi connectivity index (χ2n) is 4.02. The predicted molar refractivity (Wildman–Crippen MR) is 79.3 cm³/mol. The van der Waals surface area contributed by atoms with Crippen LogP contribution in [0.5, 0.6) is 0 Å². The molecule has 0 aliphatic heterocycles. The molecule has 0 amide bonds. The monoisotopic (exact) mass is 340 g/mol. The summed E-state index contributed by atoms with van der Waals surface area (Å²) in [5, 5.41) is 8.26. The number of primary sulfonamides is 1. The zero-order chi connectivity index (χ0) is 13.9. The van der Waals surface area contributed by atoms with Gasteiger partial charge in [0.2, 0.25) is 10.0 Å². The number of rotatable bonds is 4. The van der Waals surface area contributed by atoms with E-state index >= 15 is 0 Å². The standard InChI is InChI=1S/C13H13BrN2O2S/c14-13-7-2-1-4-10(13)9-16-11-5-3-6-12(8-11)19(15,17)18/h1-8,16H,9H2,(H2,15,17,18). The van der Waals surface area contributed by atoms with Crippen LogP contribution in [-0.2, 0) is 16.6 Å². The molecule has 6 heteroatoms. The van der Waals surface area contributed by atoms with Gasteiger partial charge in [0.15, 0.2) is 0 Å². The van der Waals surface area contributed by atoms with Crippen molar-refractivity contribution < 1.29 is 8.42 Å². The Bertz CT molecular complexity index is 687. The lowest BCUT2D eigenvalue weighted by Crippen LogP contribution is -2.12. The summed E-state index contributed by atoms with van der Waals surface area (Å²) in [6.45, 7) is 0.593. The van der Waals surface area contributed by atoms with Crippen molar-refractivity contribution >= 4 is 31.6 Å². The summed E-state index contributed by atoms with van der Waals surface area (Å²) < 4.78 is 23.5. The van der Waals surface area contributed by atoms with Gasteiger partial charge in [-0.3, -0.25) is 0 Å². The first-order chi connectivity index (χ1) is 8.97. The Labute approximate surface area is 120 Å². The highest BCUT2D eigenvalue weighted by Gasteiger charge is 2.07. The van der Waals surface area contributed by atoms with Gasteiger partial charge >= 0.3 is 0 Å². The van der Waals surface area contributed by atoms with Gasteiger partial charge in [-0.2, -0.15) is 0 Å². The molecule has 0 spiro atoms. The largest absolute Gasteiger partial charge is 0.381 e. The summed E-state index contributed by atoms with van der Waals surface area (Å²) in [5.41, 5.74) is 1.80. The van der Waals surface area contributed by atoms with Crippen molar-refractivity contribution in [1.29, 1.82) is 0 Å². The van der Waals surface area contributed by atoms with Crippen molar-refractivity contribution in [2.24, 2.45) is 5.14 Å². The van der Waals surface area contributed by atoms with Crippen LogP contribution in [0.2, 0.25) is 0 Å². The minimum absolute atomic E-state index is 0.102. The van der Waals surface area contributed by atoms with Gasteiger partial charge in [-0.05, 0) is 29.8 Å². The Balaban J connectivity index is 2.15. The lowest BCUT2D eigenvalue weighted by molar-refractivity contribution is 0.598. The maximum atomic E-state index is 11.3. The molecule has 2 aromatic rings. The van der Waals surface area contributed by atoms with E-state index in [9.17, 15) is 8.42 Å². The molecule has 100 valence electrons. The summed E-state index contributed by atoms with van der Waals surface area (Å²) >= 11 is 3.46. The third kappa shape index (κ3) is 3.79. The number of nitrogens with two attached hydrogens (primary N) is 1. The average molecular weight is 341 g/mol. The van der Waals surface area contributed by atoms with E-state index in [0.29, 0.717) is 12.2 Å². The molecule has 3 N–H and O–H groups in total. The molecule has 0 aliphatic carbocycles. The van der Waals surface area contributed by atoms with Gasteiger partial charge in [0.1, 0.15) is 0 Å². The topological polar surface area (TPSA) is 72.2 Å². The van der Waals surface area contributed by atoms with Crippen LogP contribution in [0, 0.1) is 0 Å². The Kier molecular flexibility index (Phi) is 4.24. The minimum atomic E-state index is -3.67. The van der Waals surface area contributed by atoms with Crippen LogP contribution in [0.3, 0.4) is 0 Å². The van der Waals surface area contributed by atoms with E-state index in [4.69, 9.17) is 5.14 Å². The molecule has 4 nitrogen and oxygen atoms in total. The molecule has 0 aromatic heterocycles. The Morgan fingerprint density at radius 2 is 1.84 bits per heavy atom. The summed E-state index contributed by atoms with van der Waals surface area (Å²) in [6.07, 6.45) is 0. The van der Waals surface area contributed by atoms with Crippen molar-refractivity contribution in [3.63, 3.8) is 0 Å². The molecule has 0 fully saturated rings. The van der Waals surface area contributed by atoms with E-state index < -0.39 is 10.0 Å². The lowest BCUT2D eigenvalue weighted by atomic mass is 10.2. The highest BCUT2D eigenvalue weighted by atomic mass is 79.9. The highest BCUT2D eigenvalue weighted by molar-refractivity contribution is 9.10. The van der Waals surface area contributed by atoms with Crippen molar-refractivity contribution in [3.05, 3.63) is 58.6 Å². The van der Waals surface area contributed by atoms with Crippen molar-refractivity contribution in [3.8, 4) is 0 Å². The zero-order valence-electron chi connectivity index (χ0n) is 10.0. The third-order valence-electron chi connectivity index (χ3n) is 2.60. The van der Waals surface area contributed by atoms with E-state index in [1.54, 1.807) is 12.1 Å². The molecule has 0 aliphatic rings. The molecule has 0 atom stereocenters. The molecule has 2 aromatic carbocycles. The zero-order valence-corrected chi connectivity index (χ0v) is 12.4. The Hall–Kier alpha value is -1.37. The fourth-order valence-corrected chi connectivity index (χ4v) is 2.61. The average Bonchev–Trinajstić information content (AvgIpc) is 2.37. The lowest BCUT2D eigenvalue weighted by Gasteiger charge is -2.09. The van der Waals surface area contributed by atoms with Gasteiger partial charge in [-0.1, -0.05) is 40.2 Å². The predicted octanol–water partition coefficient (Wildman–Crippen LogP) is 2.71. The maximum Gasteiger partial charge on any atom is 0.238 e. The summed E-state index contributed by atoms with van der Waals surface area (Å²) in [4.78, 5) is 0.102. The SMILES string of the molecule is NS(=O)(=O)c1cccc(NCc2ccccc2Br)c1. The first kappa shape index (κ1) is 14.0. The number of halogens is 1. The molecule has 0 bridgehead atoms. The molecule has 0 heterocycles. The van der Waals surface area contributed by atoms with E-state index in [1.807, 2.05) is 24.3 Å². The van der Waals surface area contributed by atoms with Crippen LogP contribution in [0.4, 0.5) is 5.69 Å². The van der Waals surface area contributed by atoms with Crippen molar-refractivity contribution in [1.82, 2.24) is 0 Å². The first-order valence-corrected chi connectivity index (χ1v) is 7.91. The van der Waals surface area contributed by atoms with Crippen LogP contribution in [0.1, 0.15) is 5.56 Å².